The fourth-order valence-corrected chi connectivity index (χ4v) is 1.41. The van der Waals surface area contributed by atoms with Gasteiger partial charge in [0.25, 0.3) is 0 Å². The van der Waals surface area contributed by atoms with Crippen molar-refractivity contribution in [1.82, 2.24) is 0 Å². The van der Waals surface area contributed by atoms with E-state index in [1.54, 1.807) is 0 Å². The van der Waals surface area contributed by atoms with Crippen molar-refractivity contribution in [3.63, 3.8) is 0 Å². The standard InChI is InChI=1S/C6H7I2N/c7-6(8)3-1-5(9)2-4-6/h1-3H,4,9H2. The minimum absolute atomic E-state index is 0.262. The van der Waals surface area contributed by atoms with Gasteiger partial charge in [-0.05, 0) is 12.5 Å². The summed E-state index contributed by atoms with van der Waals surface area (Å²) in [6, 6.07) is 0. The van der Waals surface area contributed by atoms with E-state index in [2.05, 4.69) is 57.3 Å². The van der Waals surface area contributed by atoms with Crippen molar-refractivity contribution in [2.24, 2.45) is 5.73 Å². The summed E-state index contributed by atoms with van der Waals surface area (Å²) in [6.07, 6.45) is 7.18. The molecular weight excluding hydrogens is 340 g/mol. The number of hydrogen-bond acceptors (Lipinski definition) is 1. The lowest BCUT2D eigenvalue weighted by Crippen LogP contribution is -2.10. The van der Waals surface area contributed by atoms with Gasteiger partial charge in [-0.1, -0.05) is 57.3 Å². The molecule has 1 aliphatic carbocycles. The van der Waals surface area contributed by atoms with Crippen LogP contribution >= 0.6 is 45.2 Å². The minimum Gasteiger partial charge on any atom is -0.399 e. The Morgan fingerprint density at radius 1 is 1.56 bits per heavy atom. The zero-order chi connectivity index (χ0) is 6.91. The number of allylic oxidation sites excluding steroid dienone is 3. The molecule has 3 heteroatoms. The monoisotopic (exact) mass is 347 g/mol. The normalized spacial score (nSPS) is 23.6. The quantitative estimate of drug-likeness (QED) is 0.529. The molecule has 50 valence electrons. The largest absolute Gasteiger partial charge is 0.399 e. The van der Waals surface area contributed by atoms with E-state index in [-0.39, 0.29) is 1.43 Å². The summed E-state index contributed by atoms with van der Waals surface area (Å²) in [5.41, 5.74) is 6.41. The first-order valence-corrected chi connectivity index (χ1v) is 4.79. The lowest BCUT2D eigenvalue weighted by Gasteiger charge is -2.16. The Balaban J connectivity index is 2.70. The second-order valence-electron chi connectivity index (χ2n) is 2.00. The molecule has 0 bridgehead atoms. The van der Waals surface area contributed by atoms with Gasteiger partial charge >= 0.3 is 0 Å². The lowest BCUT2D eigenvalue weighted by atomic mass is 10.2. The van der Waals surface area contributed by atoms with Gasteiger partial charge in [-0.2, -0.15) is 0 Å². The molecule has 0 fully saturated rings. The SMILES string of the molecule is NC1=CCC(I)(I)C=C1. The van der Waals surface area contributed by atoms with Crippen LogP contribution < -0.4 is 5.73 Å². The van der Waals surface area contributed by atoms with Crippen LogP contribution in [0.3, 0.4) is 0 Å². The van der Waals surface area contributed by atoms with E-state index in [0.717, 1.165) is 12.1 Å². The molecule has 9 heavy (non-hydrogen) atoms. The lowest BCUT2D eigenvalue weighted by molar-refractivity contribution is 1.04. The third-order valence-corrected chi connectivity index (χ3v) is 2.73. The van der Waals surface area contributed by atoms with Gasteiger partial charge in [-0.25, -0.2) is 0 Å². The molecule has 0 saturated carbocycles. The second-order valence-corrected chi connectivity index (χ2v) is 7.92. The fourth-order valence-electron chi connectivity index (χ4n) is 0.608. The molecule has 0 saturated heterocycles. The molecule has 0 amide bonds. The Kier molecular flexibility index (Phi) is 2.42. The average molecular weight is 347 g/mol. The second kappa shape index (κ2) is 2.77. The van der Waals surface area contributed by atoms with Crippen molar-refractivity contribution in [2.45, 2.75) is 7.85 Å². The highest BCUT2D eigenvalue weighted by molar-refractivity contribution is 14.2. The Morgan fingerprint density at radius 3 is 2.56 bits per heavy atom. The Morgan fingerprint density at radius 2 is 2.22 bits per heavy atom. The van der Waals surface area contributed by atoms with Gasteiger partial charge < -0.3 is 5.73 Å². The highest BCUT2D eigenvalue weighted by atomic mass is 127. The Labute approximate surface area is 82.0 Å². The number of alkyl halides is 2. The number of rotatable bonds is 0. The van der Waals surface area contributed by atoms with E-state index in [1.165, 1.54) is 0 Å². The van der Waals surface area contributed by atoms with Crippen molar-refractivity contribution >= 4 is 45.2 Å². The topological polar surface area (TPSA) is 26.0 Å². The van der Waals surface area contributed by atoms with Crippen LogP contribution in [0, 0.1) is 0 Å². The highest BCUT2D eigenvalue weighted by Gasteiger charge is 2.18. The average Bonchev–Trinajstić information content (AvgIpc) is 1.78. The summed E-state index contributed by atoms with van der Waals surface area (Å²) in [4.78, 5) is 0. The van der Waals surface area contributed by atoms with Gasteiger partial charge in [0, 0.05) is 5.70 Å². The molecule has 0 atom stereocenters. The van der Waals surface area contributed by atoms with Crippen LogP contribution in [-0.2, 0) is 0 Å². The molecule has 2 N–H and O–H groups in total. The first-order valence-electron chi connectivity index (χ1n) is 2.63. The maximum atomic E-state index is 5.52. The summed E-state index contributed by atoms with van der Waals surface area (Å²) >= 11 is 4.80. The van der Waals surface area contributed by atoms with E-state index in [0.29, 0.717) is 0 Å². The minimum atomic E-state index is 0.262. The molecule has 0 heterocycles. The molecule has 0 spiro atoms. The van der Waals surface area contributed by atoms with E-state index in [4.69, 9.17) is 5.73 Å². The Hall–Kier alpha value is 0.740. The van der Waals surface area contributed by atoms with Crippen LogP contribution in [0.25, 0.3) is 0 Å². The molecule has 1 nitrogen and oxygen atoms in total. The van der Waals surface area contributed by atoms with E-state index >= 15 is 0 Å². The zero-order valence-electron chi connectivity index (χ0n) is 4.77. The molecule has 0 aromatic rings. The fraction of sp³-hybridized carbons (Fsp3) is 0.333. The van der Waals surface area contributed by atoms with E-state index in [9.17, 15) is 0 Å². The predicted octanol–water partition coefficient (Wildman–Crippen LogP) is 2.36. The van der Waals surface area contributed by atoms with Gasteiger partial charge in [-0.3, -0.25) is 0 Å². The molecule has 1 aliphatic rings. The predicted molar refractivity (Wildman–Crippen MR) is 56.8 cm³/mol. The van der Waals surface area contributed by atoms with Crippen molar-refractivity contribution < 1.29 is 0 Å². The third kappa shape index (κ3) is 2.45. The summed E-state index contributed by atoms with van der Waals surface area (Å²) in [7, 11) is 0. The van der Waals surface area contributed by atoms with Crippen LogP contribution in [0.2, 0.25) is 0 Å². The summed E-state index contributed by atoms with van der Waals surface area (Å²) < 4.78 is 0.262. The summed E-state index contributed by atoms with van der Waals surface area (Å²) in [5, 5.41) is 0. The van der Waals surface area contributed by atoms with Crippen LogP contribution in [-0.4, -0.2) is 1.43 Å². The first kappa shape index (κ1) is 7.84. The molecule has 0 aromatic heterocycles. The van der Waals surface area contributed by atoms with Crippen LogP contribution in [0.15, 0.2) is 23.9 Å². The number of nitrogens with two attached hydrogens (primary N) is 1. The van der Waals surface area contributed by atoms with Gasteiger partial charge in [0.2, 0.25) is 0 Å². The number of halogens is 2. The van der Waals surface area contributed by atoms with Crippen molar-refractivity contribution in [3.8, 4) is 0 Å². The van der Waals surface area contributed by atoms with Gasteiger partial charge in [-0.15, -0.1) is 0 Å². The molecular formula is C6H7I2N. The highest BCUT2D eigenvalue weighted by Crippen LogP contribution is 2.35. The molecule has 0 aromatic carbocycles. The molecule has 0 unspecified atom stereocenters. The first-order chi connectivity index (χ1) is 4.10. The third-order valence-electron chi connectivity index (χ3n) is 1.13. The molecule has 0 radical (unpaired) electrons. The van der Waals surface area contributed by atoms with E-state index < -0.39 is 0 Å². The smallest absolute Gasteiger partial charge is 0.0952 e. The van der Waals surface area contributed by atoms with Crippen molar-refractivity contribution in [1.29, 1.82) is 0 Å². The van der Waals surface area contributed by atoms with Gasteiger partial charge in [0.15, 0.2) is 0 Å². The van der Waals surface area contributed by atoms with E-state index in [1.807, 2.05) is 6.08 Å². The zero-order valence-corrected chi connectivity index (χ0v) is 9.09. The van der Waals surface area contributed by atoms with Crippen molar-refractivity contribution in [3.05, 3.63) is 23.9 Å². The van der Waals surface area contributed by atoms with Crippen LogP contribution in [0.5, 0.6) is 0 Å². The number of hydrogen-bond donors (Lipinski definition) is 1. The van der Waals surface area contributed by atoms with Crippen LogP contribution in [0.4, 0.5) is 0 Å². The van der Waals surface area contributed by atoms with Crippen molar-refractivity contribution in [2.75, 3.05) is 0 Å². The molecule has 0 aliphatic heterocycles. The Bertz CT molecular complexity index is 170. The summed E-state index contributed by atoms with van der Waals surface area (Å²) in [5.74, 6) is 0. The van der Waals surface area contributed by atoms with Crippen LogP contribution in [0.1, 0.15) is 6.42 Å². The molecule has 1 rings (SSSR count). The maximum absolute atomic E-state index is 5.52. The summed E-state index contributed by atoms with van der Waals surface area (Å²) in [6.45, 7) is 0. The van der Waals surface area contributed by atoms with Gasteiger partial charge in [0.1, 0.15) is 0 Å². The maximum Gasteiger partial charge on any atom is 0.0952 e. The van der Waals surface area contributed by atoms with Gasteiger partial charge in [0.05, 0.1) is 1.43 Å².